The molecule has 0 fully saturated rings. The Hall–Kier alpha value is -2.54. The van der Waals surface area contributed by atoms with E-state index in [1.165, 1.54) is 18.2 Å². The van der Waals surface area contributed by atoms with Crippen molar-refractivity contribution in [3.8, 4) is 0 Å². The van der Waals surface area contributed by atoms with Gasteiger partial charge in [-0.2, -0.15) is 0 Å². The van der Waals surface area contributed by atoms with E-state index >= 15 is 0 Å². The van der Waals surface area contributed by atoms with Gasteiger partial charge in [0.05, 0.1) is 16.9 Å². The van der Waals surface area contributed by atoms with Crippen molar-refractivity contribution in [2.75, 3.05) is 11.9 Å². The Morgan fingerprint density at radius 2 is 2.19 bits per heavy atom. The summed E-state index contributed by atoms with van der Waals surface area (Å²) in [5, 5.41) is 14.3. The van der Waals surface area contributed by atoms with E-state index in [0.717, 1.165) is 5.69 Å². The highest BCUT2D eigenvalue weighted by Crippen LogP contribution is 2.20. The van der Waals surface area contributed by atoms with E-state index < -0.39 is 12.0 Å². The number of imidazole rings is 1. The van der Waals surface area contributed by atoms with Crippen LogP contribution in [0.2, 0.25) is 5.02 Å². The number of H-pyrrole nitrogens is 1. The van der Waals surface area contributed by atoms with Gasteiger partial charge >= 0.3 is 12.0 Å². The molecule has 0 aliphatic heterocycles. The summed E-state index contributed by atoms with van der Waals surface area (Å²) in [6.07, 6.45) is 3.86. The van der Waals surface area contributed by atoms with Gasteiger partial charge in [-0.15, -0.1) is 0 Å². The lowest BCUT2D eigenvalue weighted by molar-refractivity contribution is 0.0697. The second-order valence-electron chi connectivity index (χ2n) is 4.21. The lowest BCUT2D eigenvalue weighted by atomic mass is 10.2. The van der Waals surface area contributed by atoms with Gasteiger partial charge < -0.3 is 20.7 Å². The first kappa shape index (κ1) is 14.9. The maximum absolute atomic E-state index is 11.7. The smallest absolute Gasteiger partial charge is 0.337 e. The van der Waals surface area contributed by atoms with Crippen LogP contribution in [0.15, 0.2) is 30.7 Å². The molecular weight excluding hydrogens is 296 g/mol. The van der Waals surface area contributed by atoms with Gasteiger partial charge in [0.25, 0.3) is 0 Å². The molecule has 1 aromatic carbocycles. The van der Waals surface area contributed by atoms with Crippen LogP contribution >= 0.6 is 11.6 Å². The van der Waals surface area contributed by atoms with E-state index in [0.29, 0.717) is 18.7 Å². The average molecular weight is 309 g/mol. The molecule has 8 heteroatoms. The van der Waals surface area contributed by atoms with Crippen molar-refractivity contribution < 1.29 is 14.7 Å². The van der Waals surface area contributed by atoms with Gasteiger partial charge in [0.2, 0.25) is 0 Å². The second-order valence-corrected chi connectivity index (χ2v) is 4.61. The van der Waals surface area contributed by atoms with Gasteiger partial charge in [0.15, 0.2) is 0 Å². The fourth-order valence-electron chi connectivity index (χ4n) is 1.67. The van der Waals surface area contributed by atoms with Crippen LogP contribution < -0.4 is 10.6 Å². The Morgan fingerprint density at radius 1 is 1.38 bits per heavy atom. The summed E-state index contributed by atoms with van der Waals surface area (Å²) in [6, 6.07) is 3.83. The molecule has 0 atom stereocenters. The molecule has 0 radical (unpaired) electrons. The van der Waals surface area contributed by atoms with Crippen LogP contribution in [-0.4, -0.2) is 33.6 Å². The van der Waals surface area contributed by atoms with E-state index in [4.69, 9.17) is 16.7 Å². The number of carbonyl (C=O) groups excluding carboxylic acids is 1. The number of hydrogen-bond acceptors (Lipinski definition) is 3. The number of aromatic nitrogens is 2. The molecule has 110 valence electrons. The number of aromatic amines is 1. The normalized spacial score (nSPS) is 10.1. The maximum atomic E-state index is 11.7. The van der Waals surface area contributed by atoms with Gasteiger partial charge in [0, 0.05) is 30.5 Å². The number of urea groups is 1. The number of carboxylic acids is 1. The highest BCUT2D eigenvalue weighted by molar-refractivity contribution is 6.33. The van der Waals surface area contributed by atoms with Gasteiger partial charge in [0.1, 0.15) is 0 Å². The molecule has 1 aromatic heterocycles. The Kier molecular flexibility index (Phi) is 4.78. The highest BCUT2D eigenvalue weighted by Gasteiger charge is 2.10. The molecule has 0 spiro atoms. The van der Waals surface area contributed by atoms with Crippen LogP contribution in [0, 0.1) is 0 Å². The maximum Gasteiger partial charge on any atom is 0.337 e. The number of carbonyl (C=O) groups is 2. The quantitative estimate of drug-likeness (QED) is 0.678. The van der Waals surface area contributed by atoms with Crippen molar-refractivity contribution in [3.05, 3.63) is 47.0 Å². The van der Waals surface area contributed by atoms with E-state index in [1.807, 2.05) is 0 Å². The minimum Gasteiger partial charge on any atom is -0.478 e. The third-order valence-electron chi connectivity index (χ3n) is 2.69. The number of halogens is 1. The zero-order chi connectivity index (χ0) is 15.2. The number of nitrogens with one attached hydrogen (secondary N) is 3. The molecule has 0 aliphatic carbocycles. The van der Waals surface area contributed by atoms with Gasteiger partial charge in [-0.25, -0.2) is 14.6 Å². The van der Waals surface area contributed by atoms with Crippen LogP contribution in [0.3, 0.4) is 0 Å². The Balaban J connectivity index is 1.87. The van der Waals surface area contributed by atoms with Crippen LogP contribution in [0.1, 0.15) is 16.1 Å². The standard InChI is InChI=1S/C13H13ClN4O3/c14-11-2-1-8(5-10(11)12(19)20)18-13(21)16-4-3-9-6-15-7-17-9/h1-2,5-7H,3-4H2,(H,15,17)(H,19,20)(H2,16,18,21). The molecule has 0 saturated carbocycles. The Morgan fingerprint density at radius 3 is 2.86 bits per heavy atom. The summed E-state index contributed by atoms with van der Waals surface area (Å²) < 4.78 is 0. The summed E-state index contributed by atoms with van der Waals surface area (Å²) in [5.74, 6) is -1.15. The molecule has 2 aromatic rings. The first-order valence-corrected chi connectivity index (χ1v) is 6.49. The van der Waals surface area contributed by atoms with Crippen LogP contribution in [0.5, 0.6) is 0 Å². The second kappa shape index (κ2) is 6.76. The monoisotopic (exact) mass is 308 g/mol. The number of anilines is 1. The number of carboxylic acid groups (broad SMARTS) is 1. The molecule has 0 unspecified atom stereocenters. The van der Waals surface area contributed by atoms with Gasteiger partial charge in [-0.1, -0.05) is 11.6 Å². The van der Waals surface area contributed by atoms with Crippen molar-refractivity contribution in [2.45, 2.75) is 6.42 Å². The largest absolute Gasteiger partial charge is 0.478 e. The van der Waals surface area contributed by atoms with Crippen molar-refractivity contribution in [1.82, 2.24) is 15.3 Å². The number of hydrogen-bond donors (Lipinski definition) is 4. The van der Waals surface area contributed by atoms with Crippen molar-refractivity contribution in [3.63, 3.8) is 0 Å². The number of nitrogens with zero attached hydrogens (tertiary/aromatic N) is 1. The first-order valence-electron chi connectivity index (χ1n) is 6.11. The van der Waals surface area contributed by atoms with E-state index in [9.17, 15) is 9.59 Å². The molecule has 7 nitrogen and oxygen atoms in total. The Labute approximate surface area is 125 Å². The third-order valence-corrected chi connectivity index (χ3v) is 3.02. The van der Waals surface area contributed by atoms with Gasteiger partial charge in [-0.3, -0.25) is 0 Å². The molecule has 1 heterocycles. The predicted molar refractivity (Wildman–Crippen MR) is 77.7 cm³/mol. The molecule has 0 bridgehead atoms. The number of rotatable bonds is 5. The summed E-state index contributed by atoms with van der Waals surface area (Å²) in [6.45, 7) is 0.424. The molecule has 0 saturated heterocycles. The molecule has 2 rings (SSSR count). The summed E-state index contributed by atoms with van der Waals surface area (Å²) in [7, 11) is 0. The summed E-state index contributed by atoms with van der Waals surface area (Å²) in [5.41, 5.74) is 1.21. The number of amides is 2. The zero-order valence-electron chi connectivity index (χ0n) is 10.9. The molecule has 21 heavy (non-hydrogen) atoms. The number of benzene rings is 1. The fraction of sp³-hybridized carbons (Fsp3) is 0.154. The minimum atomic E-state index is -1.15. The topological polar surface area (TPSA) is 107 Å². The molecule has 2 amide bonds. The average Bonchev–Trinajstić information content (AvgIpc) is 2.94. The van der Waals surface area contributed by atoms with Crippen molar-refractivity contribution in [1.29, 1.82) is 0 Å². The summed E-state index contributed by atoms with van der Waals surface area (Å²) >= 11 is 5.75. The predicted octanol–water partition coefficient (Wildman–Crippen LogP) is 2.13. The van der Waals surface area contributed by atoms with Crippen molar-refractivity contribution in [2.24, 2.45) is 0 Å². The van der Waals surface area contributed by atoms with E-state index in [1.54, 1.807) is 12.5 Å². The molecule has 0 aliphatic rings. The van der Waals surface area contributed by atoms with E-state index in [-0.39, 0.29) is 10.6 Å². The number of aromatic carboxylic acids is 1. The van der Waals surface area contributed by atoms with Crippen molar-refractivity contribution >= 4 is 29.3 Å². The lowest BCUT2D eigenvalue weighted by Gasteiger charge is -2.08. The minimum absolute atomic E-state index is 0.0630. The SMILES string of the molecule is O=C(NCCc1cnc[nH]1)Nc1ccc(Cl)c(C(=O)O)c1. The van der Waals surface area contributed by atoms with Crippen LogP contribution in [0.25, 0.3) is 0 Å². The lowest BCUT2D eigenvalue weighted by Crippen LogP contribution is -2.30. The zero-order valence-corrected chi connectivity index (χ0v) is 11.6. The van der Waals surface area contributed by atoms with Gasteiger partial charge in [-0.05, 0) is 18.2 Å². The fourth-order valence-corrected chi connectivity index (χ4v) is 1.87. The third kappa shape index (κ3) is 4.22. The first-order chi connectivity index (χ1) is 10.1. The Bertz CT molecular complexity index is 643. The van der Waals surface area contributed by atoms with E-state index in [2.05, 4.69) is 20.6 Å². The summed E-state index contributed by atoms with van der Waals surface area (Å²) in [4.78, 5) is 29.4. The van der Waals surface area contributed by atoms with Crippen LogP contribution in [0.4, 0.5) is 10.5 Å². The van der Waals surface area contributed by atoms with Crippen LogP contribution in [-0.2, 0) is 6.42 Å². The highest BCUT2D eigenvalue weighted by atomic mass is 35.5. The molecular formula is C13H13ClN4O3. The molecule has 4 N–H and O–H groups in total.